The summed E-state index contributed by atoms with van der Waals surface area (Å²) in [6.45, 7) is 1.50. The van der Waals surface area contributed by atoms with Gasteiger partial charge >= 0.3 is 0 Å². The molecule has 1 aliphatic heterocycles. The van der Waals surface area contributed by atoms with Crippen molar-refractivity contribution in [3.63, 3.8) is 0 Å². The minimum absolute atomic E-state index is 0.113. The normalized spacial score (nSPS) is 15.3. The van der Waals surface area contributed by atoms with Crippen molar-refractivity contribution < 1.29 is 4.79 Å². The molecule has 0 radical (unpaired) electrons. The number of carbonyl (C=O) groups excluding carboxylic acids is 1. The molecule has 0 saturated carbocycles. The van der Waals surface area contributed by atoms with Gasteiger partial charge in [-0.2, -0.15) is 5.10 Å². The van der Waals surface area contributed by atoms with E-state index in [0.29, 0.717) is 5.92 Å². The Kier molecular flexibility index (Phi) is 4.29. The van der Waals surface area contributed by atoms with Crippen molar-refractivity contribution in [3.8, 4) is 11.4 Å². The number of piperidine rings is 1. The van der Waals surface area contributed by atoms with Crippen LogP contribution in [-0.2, 0) is 0 Å². The Labute approximate surface area is 146 Å². The Morgan fingerprint density at radius 3 is 2.28 bits per heavy atom. The molecular formula is C20H20N4O. The van der Waals surface area contributed by atoms with Crippen LogP contribution in [0.2, 0.25) is 0 Å². The SMILES string of the molecule is O=C(c1ccccc1)N1CCC(c2nc(-c3ccccc3)n[nH]2)CC1. The van der Waals surface area contributed by atoms with Crippen LogP contribution in [0.5, 0.6) is 0 Å². The number of benzene rings is 2. The molecule has 1 saturated heterocycles. The summed E-state index contributed by atoms with van der Waals surface area (Å²) in [5.74, 6) is 2.09. The summed E-state index contributed by atoms with van der Waals surface area (Å²) in [4.78, 5) is 19.1. The molecule has 5 heteroatoms. The van der Waals surface area contributed by atoms with E-state index in [2.05, 4.69) is 15.2 Å². The van der Waals surface area contributed by atoms with Gasteiger partial charge in [-0.05, 0) is 25.0 Å². The lowest BCUT2D eigenvalue weighted by Crippen LogP contribution is -2.38. The molecule has 0 unspecified atom stereocenters. The zero-order chi connectivity index (χ0) is 17.1. The van der Waals surface area contributed by atoms with Crippen molar-refractivity contribution in [2.75, 3.05) is 13.1 Å². The van der Waals surface area contributed by atoms with E-state index in [-0.39, 0.29) is 5.91 Å². The van der Waals surface area contributed by atoms with Gasteiger partial charge in [0, 0.05) is 30.1 Å². The van der Waals surface area contributed by atoms with Gasteiger partial charge in [0.1, 0.15) is 5.82 Å². The second-order valence-corrected chi connectivity index (χ2v) is 6.34. The lowest BCUT2D eigenvalue weighted by atomic mass is 9.95. The molecule has 2 heterocycles. The number of likely N-dealkylation sites (tertiary alicyclic amines) is 1. The highest BCUT2D eigenvalue weighted by molar-refractivity contribution is 5.94. The van der Waals surface area contributed by atoms with Gasteiger partial charge in [-0.25, -0.2) is 4.98 Å². The van der Waals surface area contributed by atoms with Gasteiger partial charge in [0.2, 0.25) is 0 Å². The molecular weight excluding hydrogens is 312 g/mol. The zero-order valence-electron chi connectivity index (χ0n) is 13.9. The van der Waals surface area contributed by atoms with E-state index in [0.717, 1.165) is 48.7 Å². The van der Waals surface area contributed by atoms with Gasteiger partial charge in [0.15, 0.2) is 5.82 Å². The number of aromatic amines is 1. The maximum atomic E-state index is 12.5. The van der Waals surface area contributed by atoms with E-state index >= 15 is 0 Å². The van der Waals surface area contributed by atoms with Crippen LogP contribution in [-0.4, -0.2) is 39.1 Å². The lowest BCUT2D eigenvalue weighted by Gasteiger charge is -2.31. The monoisotopic (exact) mass is 332 g/mol. The number of nitrogens with one attached hydrogen (secondary N) is 1. The maximum Gasteiger partial charge on any atom is 0.253 e. The van der Waals surface area contributed by atoms with Crippen molar-refractivity contribution >= 4 is 5.91 Å². The minimum atomic E-state index is 0.113. The Morgan fingerprint density at radius 2 is 1.60 bits per heavy atom. The number of nitrogens with zero attached hydrogens (tertiary/aromatic N) is 3. The first-order chi connectivity index (χ1) is 12.3. The Bertz CT molecular complexity index is 836. The third-order valence-electron chi connectivity index (χ3n) is 4.72. The smallest absolute Gasteiger partial charge is 0.253 e. The van der Waals surface area contributed by atoms with Crippen LogP contribution in [0.25, 0.3) is 11.4 Å². The molecule has 4 rings (SSSR count). The van der Waals surface area contributed by atoms with E-state index in [1.54, 1.807) is 0 Å². The summed E-state index contributed by atoms with van der Waals surface area (Å²) in [7, 11) is 0. The average molecular weight is 332 g/mol. The highest BCUT2D eigenvalue weighted by Crippen LogP contribution is 2.27. The number of carbonyl (C=O) groups is 1. The number of aromatic nitrogens is 3. The fraction of sp³-hybridized carbons (Fsp3) is 0.250. The number of H-pyrrole nitrogens is 1. The molecule has 25 heavy (non-hydrogen) atoms. The highest BCUT2D eigenvalue weighted by atomic mass is 16.2. The van der Waals surface area contributed by atoms with Crippen molar-refractivity contribution in [2.45, 2.75) is 18.8 Å². The summed E-state index contributed by atoms with van der Waals surface area (Å²) in [5, 5.41) is 7.43. The van der Waals surface area contributed by atoms with Crippen molar-refractivity contribution in [1.82, 2.24) is 20.1 Å². The standard InChI is InChI=1S/C20H20N4O/c25-20(17-9-5-2-6-10-17)24-13-11-16(12-14-24)19-21-18(22-23-19)15-7-3-1-4-8-15/h1-10,16H,11-14H2,(H,21,22,23). The van der Waals surface area contributed by atoms with Crippen LogP contribution in [0.3, 0.4) is 0 Å². The van der Waals surface area contributed by atoms with Crippen LogP contribution in [0.4, 0.5) is 0 Å². The van der Waals surface area contributed by atoms with Gasteiger partial charge < -0.3 is 4.90 Å². The minimum Gasteiger partial charge on any atom is -0.339 e. The van der Waals surface area contributed by atoms with Crippen LogP contribution in [0.1, 0.15) is 34.9 Å². The van der Waals surface area contributed by atoms with Crippen molar-refractivity contribution in [2.24, 2.45) is 0 Å². The highest BCUT2D eigenvalue weighted by Gasteiger charge is 2.26. The van der Waals surface area contributed by atoms with Crippen LogP contribution in [0, 0.1) is 0 Å². The molecule has 1 fully saturated rings. The molecule has 5 nitrogen and oxygen atoms in total. The van der Waals surface area contributed by atoms with Crippen LogP contribution >= 0.6 is 0 Å². The Morgan fingerprint density at radius 1 is 0.960 bits per heavy atom. The summed E-state index contributed by atoms with van der Waals surface area (Å²) >= 11 is 0. The fourth-order valence-corrected chi connectivity index (χ4v) is 3.29. The summed E-state index contributed by atoms with van der Waals surface area (Å²) in [5.41, 5.74) is 1.77. The number of hydrogen-bond donors (Lipinski definition) is 1. The van der Waals surface area contributed by atoms with Gasteiger partial charge in [-0.15, -0.1) is 0 Å². The summed E-state index contributed by atoms with van der Waals surface area (Å²) in [6, 6.07) is 19.4. The van der Waals surface area contributed by atoms with Gasteiger partial charge in [-0.3, -0.25) is 9.89 Å². The third kappa shape index (κ3) is 3.31. The third-order valence-corrected chi connectivity index (χ3v) is 4.72. The molecule has 126 valence electrons. The molecule has 0 atom stereocenters. The average Bonchev–Trinajstić information content (AvgIpc) is 3.19. The molecule has 1 aliphatic rings. The molecule has 0 spiro atoms. The van der Waals surface area contributed by atoms with Gasteiger partial charge in [0.25, 0.3) is 5.91 Å². The summed E-state index contributed by atoms with van der Waals surface area (Å²) in [6.07, 6.45) is 1.81. The van der Waals surface area contributed by atoms with Crippen molar-refractivity contribution in [1.29, 1.82) is 0 Å². The first-order valence-electron chi connectivity index (χ1n) is 8.63. The molecule has 1 N–H and O–H groups in total. The summed E-state index contributed by atoms with van der Waals surface area (Å²) < 4.78 is 0. The van der Waals surface area contributed by atoms with Crippen LogP contribution in [0.15, 0.2) is 60.7 Å². The van der Waals surface area contributed by atoms with E-state index in [4.69, 9.17) is 0 Å². The van der Waals surface area contributed by atoms with Crippen molar-refractivity contribution in [3.05, 3.63) is 72.1 Å². The number of amides is 1. The van der Waals surface area contributed by atoms with E-state index in [9.17, 15) is 4.79 Å². The topological polar surface area (TPSA) is 61.9 Å². The lowest BCUT2D eigenvalue weighted by molar-refractivity contribution is 0.0711. The maximum absolute atomic E-state index is 12.5. The number of hydrogen-bond acceptors (Lipinski definition) is 3. The van der Waals surface area contributed by atoms with Crippen LogP contribution < -0.4 is 0 Å². The second-order valence-electron chi connectivity index (χ2n) is 6.34. The quantitative estimate of drug-likeness (QED) is 0.798. The first-order valence-corrected chi connectivity index (χ1v) is 8.63. The predicted octanol–water partition coefficient (Wildman–Crippen LogP) is 3.49. The van der Waals surface area contributed by atoms with E-state index < -0.39 is 0 Å². The Balaban J connectivity index is 1.41. The van der Waals surface area contributed by atoms with E-state index in [1.165, 1.54) is 0 Å². The van der Waals surface area contributed by atoms with Gasteiger partial charge in [-0.1, -0.05) is 48.5 Å². The molecule has 2 aromatic carbocycles. The largest absolute Gasteiger partial charge is 0.339 e. The molecule has 3 aromatic rings. The van der Waals surface area contributed by atoms with Gasteiger partial charge in [0.05, 0.1) is 0 Å². The first kappa shape index (κ1) is 15.6. The molecule has 1 aromatic heterocycles. The predicted molar refractivity (Wildman–Crippen MR) is 96.1 cm³/mol. The zero-order valence-corrected chi connectivity index (χ0v) is 13.9. The molecule has 0 aliphatic carbocycles. The Hall–Kier alpha value is -2.95. The fourth-order valence-electron chi connectivity index (χ4n) is 3.29. The molecule has 0 bridgehead atoms. The molecule has 1 amide bonds. The number of rotatable bonds is 3. The van der Waals surface area contributed by atoms with E-state index in [1.807, 2.05) is 65.6 Å². The second kappa shape index (κ2) is 6.89.